The van der Waals surface area contributed by atoms with Crippen molar-refractivity contribution in [3.8, 4) is 11.5 Å². The number of nitrogens with one attached hydrogen (secondary N) is 1. The number of amides is 1. The Balaban J connectivity index is 1.37. The maximum atomic E-state index is 13.6. The number of rotatable bonds is 6. The van der Waals surface area contributed by atoms with E-state index in [2.05, 4.69) is 60.8 Å². The van der Waals surface area contributed by atoms with Crippen LogP contribution in [0.15, 0.2) is 66.7 Å². The molecule has 6 rings (SSSR count). The molecule has 4 heteroatoms. The highest BCUT2D eigenvalue weighted by Gasteiger charge is 2.53. The Labute approximate surface area is 189 Å². The van der Waals surface area contributed by atoms with Crippen molar-refractivity contribution >= 4 is 5.91 Å². The fraction of sp³-hybridized carbons (Fsp3) is 0.321. The second-order valence-electron chi connectivity index (χ2n) is 9.06. The molecule has 1 atom stereocenters. The summed E-state index contributed by atoms with van der Waals surface area (Å²) in [7, 11) is 3.27. The first kappa shape index (κ1) is 20.6. The van der Waals surface area contributed by atoms with Gasteiger partial charge in [-0.25, -0.2) is 0 Å². The first-order valence-electron chi connectivity index (χ1n) is 11.2. The van der Waals surface area contributed by atoms with E-state index in [4.69, 9.17) is 9.47 Å². The van der Waals surface area contributed by atoms with Crippen LogP contribution < -0.4 is 14.8 Å². The Bertz CT molecular complexity index is 1120. The molecule has 0 fully saturated rings. The number of carbonyl (C=O) groups excluding carboxylic acids is 1. The molecule has 2 bridgehead atoms. The second-order valence-corrected chi connectivity index (χ2v) is 9.06. The van der Waals surface area contributed by atoms with Crippen molar-refractivity contribution in [3.05, 3.63) is 94.5 Å². The maximum Gasteiger partial charge on any atom is 0.226 e. The monoisotopic (exact) mass is 427 g/mol. The molecule has 0 heterocycles. The quantitative estimate of drug-likeness (QED) is 0.599. The Morgan fingerprint density at radius 3 is 2.09 bits per heavy atom. The van der Waals surface area contributed by atoms with Crippen LogP contribution in [0.1, 0.15) is 53.0 Å². The Kier molecular flexibility index (Phi) is 5.16. The third kappa shape index (κ3) is 3.17. The predicted molar refractivity (Wildman–Crippen MR) is 126 cm³/mol. The summed E-state index contributed by atoms with van der Waals surface area (Å²) in [5.41, 5.74) is 6.01. The van der Waals surface area contributed by atoms with Crippen LogP contribution in [0.5, 0.6) is 11.5 Å². The van der Waals surface area contributed by atoms with Crippen molar-refractivity contribution in [1.82, 2.24) is 5.32 Å². The van der Waals surface area contributed by atoms with Crippen molar-refractivity contribution in [3.63, 3.8) is 0 Å². The van der Waals surface area contributed by atoms with Crippen molar-refractivity contribution in [1.29, 1.82) is 0 Å². The molecule has 0 saturated carbocycles. The molecule has 1 N–H and O–H groups in total. The van der Waals surface area contributed by atoms with Gasteiger partial charge >= 0.3 is 0 Å². The SMILES string of the molecule is COc1ccc(CCNC(=O)[C@@]2(C)CC3c4ccccc4C2c2ccccc23)cc1OC. The molecule has 164 valence electrons. The Morgan fingerprint density at radius 1 is 0.906 bits per heavy atom. The minimum atomic E-state index is -0.467. The highest BCUT2D eigenvalue weighted by atomic mass is 16.5. The van der Waals surface area contributed by atoms with Crippen LogP contribution in [-0.4, -0.2) is 26.7 Å². The van der Waals surface area contributed by atoms with Gasteiger partial charge in [-0.2, -0.15) is 0 Å². The number of benzene rings is 3. The lowest BCUT2D eigenvalue weighted by Crippen LogP contribution is -2.49. The van der Waals surface area contributed by atoms with Gasteiger partial charge in [0.25, 0.3) is 0 Å². The molecule has 3 aromatic carbocycles. The Morgan fingerprint density at radius 2 is 1.50 bits per heavy atom. The average molecular weight is 428 g/mol. The number of hydrogen-bond donors (Lipinski definition) is 1. The standard InChI is InChI=1S/C28H29NO3/c1-28(27(30)29-15-14-18-12-13-24(31-2)25(16-18)32-3)17-23-19-8-4-6-10-21(19)26(28)22-11-7-5-9-20(22)23/h4-13,16,23,26H,14-15,17H2,1-3H3,(H,29,30)/t23?,26?,28-/m0/s1. The number of carbonyl (C=O) groups is 1. The summed E-state index contributed by atoms with van der Waals surface area (Å²) in [4.78, 5) is 13.6. The highest BCUT2D eigenvalue weighted by molar-refractivity contribution is 5.86. The molecule has 0 spiro atoms. The number of fused-ring (bicyclic) bond motifs is 1. The van der Waals surface area contributed by atoms with E-state index in [0.29, 0.717) is 18.0 Å². The molecule has 32 heavy (non-hydrogen) atoms. The van der Waals surface area contributed by atoms with Gasteiger partial charge in [0.2, 0.25) is 5.91 Å². The van der Waals surface area contributed by atoms with Crippen molar-refractivity contribution < 1.29 is 14.3 Å². The van der Waals surface area contributed by atoms with Gasteiger partial charge in [0, 0.05) is 18.4 Å². The summed E-state index contributed by atoms with van der Waals surface area (Å²) in [6.07, 6.45) is 1.58. The lowest BCUT2D eigenvalue weighted by molar-refractivity contribution is -0.132. The summed E-state index contributed by atoms with van der Waals surface area (Å²) in [6.45, 7) is 2.73. The van der Waals surface area contributed by atoms with Crippen molar-refractivity contribution in [2.75, 3.05) is 20.8 Å². The zero-order chi connectivity index (χ0) is 22.3. The van der Waals surface area contributed by atoms with Crippen molar-refractivity contribution in [2.24, 2.45) is 5.41 Å². The van der Waals surface area contributed by atoms with Gasteiger partial charge in [0.1, 0.15) is 0 Å². The fourth-order valence-corrected chi connectivity index (χ4v) is 5.75. The van der Waals surface area contributed by atoms with Gasteiger partial charge in [-0.1, -0.05) is 54.6 Å². The van der Waals surface area contributed by atoms with Crippen LogP contribution in [-0.2, 0) is 11.2 Å². The maximum absolute atomic E-state index is 13.6. The normalized spacial score (nSPS) is 22.6. The summed E-state index contributed by atoms with van der Waals surface area (Å²) in [6, 6.07) is 23.2. The molecule has 0 aromatic heterocycles. The third-order valence-corrected chi connectivity index (χ3v) is 7.30. The minimum absolute atomic E-state index is 0.0842. The molecular formula is C28H29NO3. The molecule has 3 aliphatic carbocycles. The van der Waals surface area contributed by atoms with Gasteiger partial charge in [0.05, 0.1) is 19.6 Å². The van der Waals surface area contributed by atoms with Gasteiger partial charge in [-0.3, -0.25) is 4.79 Å². The third-order valence-electron chi connectivity index (χ3n) is 7.30. The van der Waals surface area contributed by atoms with Crippen molar-refractivity contribution in [2.45, 2.75) is 31.6 Å². The van der Waals surface area contributed by atoms with E-state index in [-0.39, 0.29) is 17.7 Å². The first-order chi connectivity index (χ1) is 15.6. The van der Waals surface area contributed by atoms with Gasteiger partial charge in [-0.05, 0) is 59.7 Å². The number of ether oxygens (including phenoxy) is 2. The van der Waals surface area contributed by atoms with E-state index >= 15 is 0 Å². The Hall–Kier alpha value is -3.27. The highest BCUT2D eigenvalue weighted by Crippen LogP contribution is 2.60. The molecule has 1 amide bonds. The first-order valence-corrected chi connectivity index (χ1v) is 11.2. The van der Waals surface area contributed by atoms with E-state index in [0.717, 1.165) is 18.4 Å². The minimum Gasteiger partial charge on any atom is -0.493 e. The largest absolute Gasteiger partial charge is 0.493 e. The van der Waals surface area contributed by atoms with Gasteiger partial charge in [-0.15, -0.1) is 0 Å². The van der Waals surface area contributed by atoms with Crippen LogP contribution in [0.4, 0.5) is 0 Å². The van der Waals surface area contributed by atoms with Crippen LogP contribution in [0.25, 0.3) is 0 Å². The van der Waals surface area contributed by atoms with Crippen LogP contribution >= 0.6 is 0 Å². The molecule has 0 saturated heterocycles. The second kappa shape index (κ2) is 8.01. The van der Waals surface area contributed by atoms with E-state index in [1.54, 1.807) is 14.2 Å². The lowest BCUT2D eigenvalue weighted by Gasteiger charge is -2.50. The van der Waals surface area contributed by atoms with Gasteiger partial charge in [0.15, 0.2) is 11.5 Å². The molecule has 4 nitrogen and oxygen atoms in total. The fourth-order valence-electron chi connectivity index (χ4n) is 5.75. The van der Waals surface area contributed by atoms with E-state index in [1.807, 2.05) is 18.2 Å². The van der Waals surface area contributed by atoms with Crippen LogP contribution in [0.3, 0.4) is 0 Å². The summed E-state index contributed by atoms with van der Waals surface area (Å²) in [5.74, 6) is 1.91. The molecule has 0 unspecified atom stereocenters. The van der Waals surface area contributed by atoms with E-state index < -0.39 is 5.41 Å². The topological polar surface area (TPSA) is 47.6 Å². The lowest BCUT2D eigenvalue weighted by atomic mass is 9.52. The molecular weight excluding hydrogens is 398 g/mol. The summed E-state index contributed by atoms with van der Waals surface area (Å²) >= 11 is 0. The van der Waals surface area contributed by atoms with Crippen LogP contribution in [0, 0.1) is 5.41 Å². The van der Waals surface area contributed by atoms with E-state index in [9.17, 15) is 4.79 Å². The summed E-state index contributed by atoms with van der Waals surface area (Å²) < 4.78 is 10.7. The molecule has 0 aliphatic heterocycles. The van der Waals surface area contributed by atoms with E-state index in [1.165, 1.54) is 22.3 Å². The molecule has 3 aliphatic rings. The van der Waals surface area contributed by atoms with Crippen LogP contribution in [0.2, 0.25) is 0 Å². The number of hydrogen-bond acceptors (Lipinski definition) is 3. The van der Waals surface area contributed by atoms with Gasteiger partial charge < -0.3 is 14.8 Å². The molecule has 3 aromatic rings. The average Bonchev–Trinajstić information content (AvgIpc) is 2.84. The zero-order valence-electron chi connectivity index (χ0n) is 18.9. The smallest absolute Gasteiger partial charge is 0.226 e. The number of methoxy groups -OCH3 is 2. The zero-order valence-corrected chi connectivity index (χ0v) is 18.9. The molecule has 0 radical (unpaired) electrons. The summed E-state index contributed by atoms with van der Waals surface area (Å²) in [5, 5.41) is 3.24. The predicted octanol–water partition coefficient (Wildman–Crippen LogP) is 5.05.